The minimum absolute atomic E-state index is 0.00605. The van der Waals surface area contributed by atoms with Crippen LogP contribution < -0.4 is 5.32 Å². The number of benzene rings is 1. The van der Waals surface area contributed by atoms with Crippen LogP contribution in [0.25, 0.3) is 0 Å². The van der Waals surface area contributed by atoms with E-state index in [2.05, 4.69) is 5.32 Å². The topological polar surface area (TPSA) is 49.4 Å². The van der Waals surface area contributed by atoms with Crippen LogP contribution in [0, 0.1) is 6.92 Å². The van der Waals surface area contributed by atoms with Crippen molar-refractivity contribution in [3.63, 3.8) is 0 Å². The summed E-state index contributed by atoms with van der Waals surface area (Å²) in [5.74, 6) is 0.411. The number of likely N-dealkylation sites (tertiary alicyclic amines) is 1. The predicted octanol–water partition coefficient (Wildman–Crippen LogP) is 2.34. The maximum Gasteiger partial charge on any atom is 0.253 e. The van der Waals surface area contributed by atoms with Gasteiger partial charge in [-0.1, -0.05) is 17.7 Å². The van der Waals surface area contributed by atoms with Crippen LogP contribution in [0.1, 0.15) is 35.2 Å². The Balaban J connectivity index is 1.86. The number of amides is 2. The van der Waals surface area contributed by atoms with Crippen molar-refractivity contribution >= 4 is 23.4 Å². The average molecular weight is 309 g/mol. The van der Waals surface area contributed by atoms with Gasteiger partial charge in [0.25, 0.3) is 5.91 Å². The minimum atomic E-state index is -0.00605. The number of halogens is 1. The fourth-order valence-electron chi connectivity index (χ4n) is 2.57. The lowest BCUT2D eigenvalue weighted by Crippen LogP contribution is -2.46. The zero-order valence-electron chi connectivity index (χ0n) is 12.3. The molecule has 0 saturated carbocycles. The molecule has 1 aliphatic heterocycles. The van der Waals surface area contributed by atoms with E-state index in [0.717, 1.165) is 24.0 Å². The number of carbonyl (C=O) groups is 2. The van der Waals surface area contributed by atoms with Crippen molar-refractivity contribution < 1.29 is 9.59 Å². The molecule has 1 fully saturated rings. The van der Waals surface area contributed by atoms with Gasteiger partial charge in [0.15, 0.2) is 0 Å². The SMILES string of the molecule is Cc1cccc(C(=O)N2CCC(NC(=O)CCCl)CC2)c1. The highest BCUT2D eigenvalue weighted by Gasteiger charge is 2.24. The summed E-state index contributed by atoms with van der Waals surface area (Å²) in [5, 5.41) is 2.97. The predicted molar refractivity (Wildman–Crippen MR) is 83.6 cm³/mol. The van der Waals surface area contributed by atoms with Crippen LogP contribution in [0.2, 0.25) is 0 Å². The lowest BCUT2D eigenvalue weighted by Gasteiger charge is -2.32. The molecule has 0 bridgehead atoms. The molecule has 0 unspecified atom stereocenters. The molecule has 2 amide bonds. The number of aryl methyl sites for hydroxylation is 1. The molecule has 4 nitrogen and oxygen atoms in total. The van der Waals surface area contributed by atoms with Crippen LogP contribution in [-0.4, -0.2) is 41.7 Å². The normalized spacial score (nSPS) is 15.8. The largest absolute Gasteiger partial charge is 0.353 e. The Kier molecular flexibility index (Phi) is 5.62. The Hall–Kier alpha value is -1.55. The van der Waals surface area contributed by atoms with E-state index in [4.69, 9.17) is 11.6 Å². The summed E-state index contributed by atoms with van der Waals surface area (Å²) in [7, 11) is 0. The molecule has 0 spiro atoms. The Morgan fingerprint density at radius 2 is 2.05 bits per heavy atom. The second-order valence-electron chi connectivity index (χ2n) is 5.44. The molecule has 114 valence electrons. The number of nitrogens with one attached hydrogen (secondary N) is 1. The van der Waals surface area contributed by atoms with Gasteiger partial charge in [-0.25, -0.2) is 0 Å². The van der Waals surface area contributed by atoms with Crippen LogP contribution in [-0.2, 0) is 4.79 Å². The van der Waals surface area contributed by atoms with E-state index in [1.807, 2.05) is 36.1 Å². The van der Waals surface area contributed by atoms with Crippen molar-refractivity contribution in [1.82, 2.24) is 10.2 Å². The molecule has 1 aromatic rings. The van der Waals surface area contributed by atoms with Gasteiger partial charge in [0.2, 0.25) is 5.91 Å². The van der Waals surface area contributed by atoms with Crippen molar-refractivity contribution in [3.05, 3.63) is 35.4 Å². The van der Waals surface area contributed by atoms with Gasteiger partial charge in [0, 0.05) is 37.0 Å². The summed E-state index contributed by atoms with van der Waals surface area (Å²) < 4.78 is 0. The molecule has 0 aliphatic carbocycles. The number of carbonyl (C=O) groups excluding carboxylic acids is 2. The van der Waals surface area contributed by atoms with Crippen LogP contribution in [0.15, 0.2) is 24.3 Å². The van der Waals surface area contributed by atoms with Crippen molar-refractivity contribution in [2.75, 3.05) is 19.0 Å². The molecule has 1 aliphatic rings. The number of rotatable bonds is 4. The molecule has 0 radical (unpaired) electrons. The lowest BCUT2D eigenvalue weighted by atomic mass is 10.0. The van der Waals surface area contributed by atoms with E-state index in [9.17, 15) is 9.59 Å². The third-order valence-corrected chi connectivity index (χ3v) is 3.92. The zero-order valence-corrected chi connectivity index (χ0v) is 13.0. The van der Waals surface area contributed by atoms with Gasteiger partial charge in [-0.3, -0.25) is 9.59 Å². The maximum absolute atomic E-state index is 12.4. The summed E-state index contributed by atoms with van der Waals surface area (Å²) in [4.78, 5) is 25.8. The van der Waals surface area contributed by atoms with Crippen molar-refractivity contribution in [1.29, 1.82) is 0 Å². The van der Waals surface area contributed by atoms with Crippen molar-refractivity contribution in [2.45, 2.75) is 32.2 Å². The van der Waals surface area contributed by atoms with E-state index in [1.54, 1.807) is 0 Å². The van der Waals surface area contributed by atoms with E-state index in [1.165, 1.54) is 0 Å². The molecule has 0 atom stereocenters. The highest BCUT2D eigenvalue weighted by Crippen LogP contribution is 2.15. The molecule has 1 saturated heterocycles. The summed E-state index contributed by atoms with van der Waals surface area (Å²) in [6.45, 7) is 3.34. The number of nitrogens with zero attached hydrogens (tertiary/aromatic N) is 1. The highest BCUT2D eigenvalue weighted by atomic mass is 35.5. The van der Waals surface area contributed by atoms with Crippen LogP contribution >= 0.6 is 11.6 Å². The molecule has 0 aromatic heterocycles. The van der Waals surface area contributed by atoms with E-state index in [-0.39, 0.29) is 17.9 Å². The number of piperidine rings is 1. The third kappa shape index (κ3) is 4.46. The fraction of sp³-hybridized carbons (Fsp3) is 0.500. The molecule has 5 heteroatoms. The number of hydrogen-bond donors (Lipinski definition) is 1. The van der Waals surface area contributed by atoms with Crippen LogP contribution in [0.5, 0.6) is 0 Å². The first-order chi connectivity index (χ1) is 10.1. The standard InChI is InChI=1S/C16H21ClN2O2/c1-12-3-2-4-13(11-12)16(21)19-9-6-14(7-10-19)18-15(20)5-8-17/h2-4,11,14H,5-10H2,1H3,(H,18,20). The third-order valence-electron chi connectivity index (χ3n) is 3.73. The molecule has 1 heterocycles. The summed E-state index contributed by atoms with van der Waals surface area (Å²) in [6, 6.07) is 7.81. The second kappa shape index (κ2) is 7.46. The van der Waals surface area contributed by atoms with Crippen molar-refractivity contribution in [2.24, 2.45) is 0 Å². The quantitative estimate of drug-likeness (QED) is 0.868. The monoisotopic (exact) mass is 308 g/mol. The van der Waals surface area contributed by atoms with Gasteiger partial charge in [-0.2, -0.15) is 0 Å². The van der Waals surface area contributed by atoms with E-state index >= 15 is 0 Å². The summed E-state index contributed by atoms with van der Waals surface area (Å²) in [5.41, 5.74) is 1.82. The molecule has 1 N–H and O–H groups in total. The Labute approximate surface area is 130 Å². The van der Waals surface area contributed by atoms with Gasteiger partial charge in [-0.15, -0.1) is 11.6 Å². The zero-order chi connectivity index (χ0) is 15.2. The first-order valence-electron chi connectivity index (χ1n) is 7.31. The van der Waals surface area contributed by atoms with Crippen LogP contribution in [0.3, 0.4) is 0 Å². The fourth-order valence-corrected chi connectivity index (χ4v) is 2.74. The molecular weight excluding hydrogens is 288 g/mol. The maximum atomic E-state index is 12.4. The smallest absolute Gasteiger partial charge is 0.253 e. The molecule has 21 heavy (non-hydrogen) atoms. The van der Waals surface area contributed by atoms with E-state index in [0.29, 0.717) is 25.4 Å². The van der Waals surface area contributed by atoms with Crippen LogP contribution in [0.4, 0.5) is 0 Å². The highest BCUT2D eigenvalue weighted by molar-refractivity contribution is 6.18. The van der Waals surface area contributed by atoms with Gasteiger partial charge in [0.05, 0.1) is 0 Å². The van der Waals surface area contributed by atoms with Crippen molar-refractivity contribution in [3.8, 4) is 0 Å². The van der Waals surface area contributed by atoms with Gasteiger partial charge in [0.1, 0.15) is 0 Å². The van der Waals surface area contributed by atoms with Gasteiger partial charge < -0.3 is 10.2 Å². The van der Waals surface area contributed by atoms with E-state index < -0.39 is 0 Å². The lowest BCUT2D eigenvalue weighted by molar-refractivity contribution is -0.121. The number of alkyl halides is 1. The molecular formula is C16H21ClN2O2. The minimum Gasteiger partial charge on any atom is -0.353 e. The van der Waals surface area contributed by atoms with Gasteiger partial charge in [-0.05, 0) is 31.9 Å². The first-order valence-corrected chi connectivity index (χ1v) is 7.85. The second-order valence-corrected chi connectivity index (χ2v) is 5.82. The molecule has 1 aromatic carbocycles. The first kappa shape index (κ1) is 15.8. The molecule has 2 rings (SSSR count). The number of hydrogen-bond acceptors (Lipinski definition) is 2. The Morgan fingerprint density at radius 1 is 1.33 bits per heavy atom. The Morgan fingerprint density at radius 3 is 2.67 bits per heavy atom. The Bertz CT molecular complexity index is 511. The summed E-state index contributed by atoms with van der Waals surface area (Å²) in [6.07, 6.45) is 1.95. The van der Waals surface area contributed by atoms with Gasteiger partial charge >= 0.3 is 0 Å². The summed E-state index contributed by atoms with van der Waals surface area (Å²) >= 11 is 5.55. The average Bonchev–Trinajstić information content (AvgIpc) is 2.47.